The number of carboxylic acid groups (broad SMARTS) is 1. The first-order valence-electron chi connectivity index (χ1n) is 9.46. The molecule has 3 N–H and O–H groups in total. The zero-order valence-electron chi connectivity index (χ0n) is 16.1. The maximum atomic E-state index is 11.9. The van der Waals surface area contributed by atoms with Crippen molar-refractivity contribution in [3.63, 3.8) is 0 Å². The van der Waals surface area contributed by atoms with E-state index in [2.05, 4.69) is 10.2 Å². The summed E-state index contributed by atoms with van der Waals surface area (Å²) in [7, 11) is 4.01. The third-order valence-corrected chi connectivity index (χ3v) is 5.00. The number of nitrogens with one attached hydrogen (secondary N) is 1. The van der Waals surface area contributed by atoms with Crippen molar-refractivity contribution in [2.45, 2.75) is 44.1 Å². The normalized spacial score (nSPS) is 22.4. The van der Waals surface area contributed by atoms with Crippen LogP contribution >= 0.6 is 0 Å². The Labute approximate surface area is 160 Å². The molecule has 1 aromatic carbocycles. The number of carboxylic acids is 1. The van der Waals surface area contributed by atoms with Crippen LogP contribution < -0.4 is 10.1 Å². The zero-order chi connectivity index (χ0) is 19.9. The Morgan fingerprint density at radius 3 is 2.81 bits per heavy atom. The quantitative estimate of drug-likeness (QED) is 0.602. The number of carbonyl (C=O) groups is 2. The summed E-state index contributed by atoms with van der Waals surface area (Å²) in [5, 5.41) is 22.5. The Morgan fingerprint density at radius 1 is 1.33 bits per heavy atom. The second-order valence-electron chi connectivity index (χ2n) is 7.47. The number of carbonyl (C=O) groups excluding carboxylic acids is 1. The summed E-state index contributed by atoms with van der Waals surface area (Å²) in [6.45, 7) is 1.03. The first kappa shape index (κ1) is 21.2. The second kappa shape index (κ2) is 9.71. The maximum absolute atomic E-state index is 11.9. The van der Waals surface area contributed by atoms with Gasteiger partial charge in [-0.25, -0.2) is 4.79 Å². The van der Waals surface area contributed by atoms with Crippen LogP contribution in [0.5, 0.6) is 5.75 Å². The largest absolute Gasteiger partial charge is 0.481 e. The molecule has 2 atom stereocenters. The zero-order valence-corrected chi connectivity index (χ0v) is 16.1. The number of aliphatic hydroxyl groups is 1. The van der Waals surface area contributed by atoms with Gasteiger partial charge in [0.05, 0.1) is 5.60 Å². The van der Waals surface area contributed by atoms with Crippen molar-refractivity contribution in [3.05, 3.63) is 29.8 Å². The van der Waals surface area contributed by atoms with E-state index in [1.165, 1.54) is 0 Å². The van der Waals surface area contributed by atoms with Crippen molar-refractivity contribution in [1.29, 1.82) is 0 Å². The number of ether oxygens (including phenoxy) is 1. The lowest BCUT2D eigenvalue weighted by Gasteiger charge is -2.41. The minimum absolute atomic E-state index is 0.00391. The standard InChI is InChI=1S/C20H30N2O5/c1-22(2)14-16-7-3-4-11-20(16,26)15-8-5-9-17(13-15)27-19(25)21-12-6-10-18(23)24/h5,8-9,13,16,26H,3-4,6-7,10-12,14H2,1-2H3,(H,21,25)(H,23,24). The van der Waals surface area contributed by atoms with E-state index in [1.807, 2.05) is 20.2 Å². The average Bonchev–Trinajstić information content (AvgIpc) is 2.60. The number of benzene rings is 1. The molecule has 0 radical (unpaired) electrons. The van der Waals surface area contributed by atoms with Gasteiger partial charge in [-0.05, 0) is 51.1 Å². The van der Waals surface area contributed by atoms with Gasteiger partial charge in [-0.1, -0.05) is 25.0 Å². The van der Waals surface area contributed by atoms with Gasteiger partial charge >= 0.3 is 12.1 Å². The van der Waals surface area contributed by atoms with Crippen LogP contribution in [0, 0.1) is 5.92 Å². The fourth-order valence-corrected chi connectivity index (χ4v) is 3.69. The molecule has 0 saturated heterocycles. The Kier molecular flexibility index (Phi) is 7.62. The van der Waals surface area contributed by atoms with Gasteiger partial charge in [0, 0.05) is 25.4 Å². The van der Waals surface area contributed by atoms with Crippen LogP contribution in [-0.4, -0.2) is 54.4 Å². The number of rotatable bonds is 8. The van der Waals surface area contributed by atoms with E-state index in [0.717, 1.165) is 31.4 Å². The molecule has 0 heterocycles. The van der Waals surface area contributed by atoms with E-state index in [9.17, 15) is 14.7 Å². The molecule has 1 aromatic rings. The Bertz CT molecular complexity index is 649. The van der Waals surface area contributed by atoms with Crippen LogP contribution in [-0.2, 0) is 10.4 Å². The van der Waals surface area contributed by atoms with Gasteiger partial charge in [0.25, 0.3) is 0 Å². The van der Waals surface area contributed by atoms with E-state index < -0.39 is 17.7 Å². The van der Waals surface area contributed by atoms with Crippen molar-refractivity contribution in [3.8, 4) is 5.75 Å². The van der Waals surface area contributed by atoms with Crippen LogP contribution in [0.2, 0.25) is 0 Å². The van der Waals surface area contributed by atoms with Gasteiger partial charge < -0.3 is 25.2 Å². The Balaban J connectivity index is 2.02. The number of amides is 1. The summed E-state index contributed by atoms with van der Waals surface area (Å²) < 4.78 is 5.30. The molecule has 0 spiro atoms. The van der Waals surface area contributed by atoms with E-state index >= 15 is 0 Å². The van der Waals surface area contributed by atoms with Gasteiger partial charge in [-0.15, -0.1) is 0 Å². The first-order valence-corrected chi connectivity index (χ1v) is 9.46. The molecule has 1 fully saturated rings. The average molecular weight is 378 g/mol. The van der Waals surface area contributed by atoms with Gasteiger partial charge in [-0.3, -0.25) is 4.79 Å². The highest BCUT2D eigenvalue weighted by Crippen LogP contribution is 2.42. The molecule has 27 heavy (non-hydrogen) atoms. The lowest BCUT2D eigenvalue weighted by molar-refractivity contribution is -0.137. The molecule has 0 aliphatic heterocycles. The molecular weight excluding hydrogens is 348 g/mol. The summed E-state index contributed by atoms with van der Waals surface area (Å²) in [6, 6.07) is 7.06. The van der Waals surface area contributed by atoms with Gasteiger partial charge in [-0.2, -0.15) is 0 Å². The highest BCUT2D eigenvalue weighted by molar-refractivity contribution is 5.70. The summed E-state index contributed by atoms with van der Waals surface area (Å²) in [5.41, 5.74) is -0.162. The summed E-state index contributed by atoms with van der Waals surface area (Å²) in [4.78, 5) is 24.4. The van der Waals surface area contributed by atoms with Crippen LogP contribution in [0.25, 0.3) is 0 Å². The lowest BCUT2D eigenvalue weighted by Crippen LogP contribution is -2.43. The predicted octanol–water partition coefficient (Wildman–Crippen LogP) is 2.58. The van der Waals surface area contributed by atoms with E-state index in [0.29, 0.717) is 18.6 Å². The monoisotopic (exact) mass is 378 g/mol. The molecule has 7 heteroatoms. The van der Waals surface area contributed by atoms with Gasteiger partial charge in [0.2, 0.25) is 0 Å². The summed E-state index contributed by atoms with van der Waals surface area (Å²) >= 11 is 0. The van der Waals surface area contributed by atoms with Crippen molar-refractivity contribution in [2.75, 3.05) is 27.2 Å². The molecular formula is C20H30N2O5. The SMILES string of the molecule is CN(C)CC1CCCCC1(O)c1cccc(OC(=O)NCCCC(=O)O)c1. The number of hydrogen-bond donors (Lipinski definition) is 3. The topological polar surface area (TPSA) is 99.1 Å². The fraction of sp³-hybridized carbons (Fsp3) is 0.600. The molecule has 0 aromatic heterocycles. The molecule has 150 valence electrons. The summed E-state index contributed by atoms with van der Waals surface area (Å²) in [6.07, 6.45) is 3.44. The third kappa shape index (κ3) is 6.22. The van der Waals surface area contributed by atoms with Crippen LogP contribution in [0.15, 0.2) is 24.3 Å². The maximum Gasteiger partial charge on any atom is 0.412 e. The number of hydrogen-bond acceptors (Lipinski definition) is 5. The van der Waals surface area contributed by atoms with Crippen molar-refractivity contribution in [1.82, 2.24) is 10.2 Å². The van der Waals surface area contributed by atoms with Gasteiger partial charge in [0.1, 0.15) is 5.75 Å². The van der Waals surface area contributed by atoms with Crippen LogP contribution in [0.4, 0.5) is 4.79 Å². The molecule has 1 aliphatic rings. The molecule has 7 nitrogen and oxygen atoms in total. The van der Waals surface area contributed by atoms with Crippen LogP contribution in [0.1, 0.15) is 44.1 Å². The highest BCUT2D eigenvalue weighted by Gasteiger charge is 2.40. The second-order valence-corrected chi connectivity index (χ2v) is 7.47. The lowest BCUT2D eigenvalue weighted by atomic mass is 9.71. The Hall–Kier alpha value is -2.12. The van der Waals surface area contributed by atoms with Crippen molar-refractivity contribution >= 4 is 12.1 Å². The van der Waals surface area contributed by atoms with E-state index in [4.69, 9.17) is 9.84 Å². The third-order valence-electron chi connectivity index (χ3n) is 5.00. The molecule has 1 saturated carbocycles. The molecule has 1 amide bonds. The van der Waals surface area contributed by atoms with E-state index in [1.54, 1.807) is 18.2 Å². The predicted molar refractivity (Wildman–Crippen MR) is 102 cm³/mol. The fourth-order valence-electron chi connectivity index (χ4n) is 3.69. The van der Waals surface area contributed by atoms with Crippen LogP contribution in [0.3, 0.4) is 0 Å². The molecule has 2 unspecified atom stereocenters. The first-order chi connectivity index (χ1) is 12.8. The Morgan fingerprint density at radius 2 is 2.11 bits per heavy atom. The highest BCUT2D eigenvalue weighted by atomic mass is 16.6. The summed E-state index contributed by atoms with van der Waals surface area (Å²) in [5.74, 6) is -0.405. The van der Waals surface area contributed by atoms with Crippen molar-refractivity contribution < 1.29 is 24.5 Å². The smallest absolute Gasteiger partial charge is 0.412 e. The molecule has 2 rings (SSSR count). The minimum atomic E-state index is -0.931. The minimum Gasteiger partial charge on any atom is -0.481 e. The molecule has 1 aliphatic carbocycles. The van der Waals surface area contributed by atoms with E-state index in [-0.39, 0.29) is 18.9 Å². The molecule has 0 bridgehead atoms. The van der Waals surface area contributed by atoms with Crippen molar-refractivity contribution in [2.24, 2.45) is 5.92 Å². The number of aliphatic carboxylic acids is 1. The van der Waals surface area contributed by atoms with Gasteiger partial charge in [0.15, 0.2) is 0 Å². The number of nitrogens with zero attached hydrogens (tertiary/aromatic N) is 1.